The van der Waals surface area contributed by atoms with E-state index in [1.807, 2.05) is 30.3 Å². The van der Waals surface area contributed by atoms with Crippen molar-refractivity contribution in [2.24, 2.45) is 0 Å². The molecule has 2 heterocycles. The van der Waals surface area contributed by atoms with Crippen LogP contribution in [0.4, 0.5) is 13.9 Å². The molecule has 0 unspecified atom stereocenters. The second-order valence-electron chi connectivity index (χ2n) is 5.24. The normalized spacial score (nSPS) is 11.0. The molecule has 124 valence electrons. The van der Waals surface area contributed by atoms with E-state index in [2.05, 4.69) is 15.4 Å². The molecule has 1 amide bonds. The molecule has 5 nitrogen and oxygen atoms in total. The molecule has 4 aromatic rings. The molecule has 0 saturated carbocycles. The first kappa shape index (κ1) is 15.4. The number of fused-ring (bicyclic) bond motifs is 1. The van der Waals surface area contributed by atoms with Crippen LogP contribution in [0.15, 0.2) is 54.7 Å². The van der Waals surface area contributed by atoms with E-state index in [1.54, 1.807) is 10.7 Å². The molecule has 0 aliphatic heterocycles. The minimum Gasteiger partial charge on any atom is -0.296 e. The summed E-state index contributed by atoms with van der Waals surface area (Å²) in [5, 5.41) is 7.03. The maximum atomic E-state index is 13.2. The molecular weight excluding hydrogens is 346 g/mol. The number of anilines is 1. The van der Waals surface area contributed by atoms with Crippen LogP contribution in [0.25, 0.3) is 16.2 Å². The Labute approximate surface area is 144 Å². The molecule has 1 N–H and O–H groups in total. The zero-order valence-electron chi connectivity index (χ0n) is 12.6. The van der Waals surface area contributed by atoms with E-state index < -0.39 is 17.5 Å². The Morgan fingerprint density at radius 3 is 2.48 bits per heavy atom. The summed E-state index contributed by atoms with van der Waals surface area (Å²) >= 11 is 1.17. The van der Waals surface area contributed by atoms with Crippen LogP contribution in [0.2, 0.25) is 0 Å². The van der Waals surface area contributed by atoms with Crippen molar-refractivity contribution in [3.05, 3.63) is 71.9 Å². The number of carbonyl (C=O) groups is 1. The zero-order valence-corrected chi connectivity index (χ0v) is 13.4. The topological polar surface area (TPSA) is 59.3 Å². The second-order valence-corrected chi connectivity index (χ2v) is 6.19. The first-order chi connectivity index (χ1) is 12.1. The molecule has 8 heteroatoms. The molecule has 0 aliphatic carbocycles. The van der Waals surface area contributed by atoms with Crippen molar-refractivity contribution >= 4 is 27.3 Å². The van der Waals surface area contributed by atoms with Crippen molar-refractivity contribution in [3.63, 3.8) is 0 Å². The minimum atomic E-state index is -0.813. The van der Waals surface area contributed by atoms with Gasteiger partial charge in [0.1, 0.15) is 11.6 Å². The summed E-state index contributed by atoms with van der Waals surface area (Å²) in [4.78, 5) is 17.2. The molecule has 0 spiro atoms. The number of rotatable bonds is 3. The fourth-order valence-electron chi connectivity index (χ4n) is 2.35. The third-order valence-corrected chi connectivity index (χ3v) is 4.30. The summed E-state index contributed by atoms with van der Waals surface area (Å²) in [7, 11) is 0. The fraction of sp³-hybridized carbons (Fsp3) is 0. The van der Waals surface area contributed by atoms with E-state index in [0.29, 0.717) is 11.0 Å². The van der Waals surface area contributed by atoms with Gasteiger partial charge in [-0.05, 0) is 12.1 Å². The largest absolute Gasteiger partial charge is 0.296 e. The van der Waals surface area contributed by atoms with Gasteiger partial charge in [0, 0.05) is 17.2 Å². The monoisotopic (exact) mass is 356 g/mol. The van der Waals surface area contributed by atoms with E-state index >= 15 is 0 Å². The maximum absolute atomic E-state index is 13.2. The highest BCUT2D eigenvalue weighted by atomic mass is 32.1. The molecule has 25 heavy (non-hydrogen) atoms. The van der Waals surface area contributed by atoms with Crippen molar-refractivity contribution in [3.8, 4) is 11.3 Å². The van der Waals surface area contributed by atoms with Crippen LogP contribution in [0.3, 0.4) is 0 Å². The van der Waals surface area contributed by atoms with Crippen LogP contribution in [-0.2, 0) is 0 Å². The number of nitrogens with one attached hydrogen (secondary N) is 1. The summed E-state index contributed by atoms with van der Waals surface area (Å²) < 4.78 is 28.0. The predicted molar refractivity (Wildman–Crippen MR) is 90.6 cm³/mol. The number of benzene rings is 2. The van der Waals surface area contributed by atoms with Crippen LogP contribution < -0.4 is 5.32 Å². The van der Waals surface area contributed by atoms with Crippen molar-refractivity contribution in [1.82, 2.24) is 14.6 Å². The van der Waals surface area contributed by atoms with Crippen LogP contribution in [0.5, 0.6) is 0 Å². The van der Waals surface area contributed by atoms with E-state index in [9.17, 15) is 13.6 Å². The van der Waals surface area contributed by atoms with Gasteiger partial charge in [0.15, 0.2) is 0 Å². The van der Waals surface area contributed by atoms with Gasteiger partial charge in [-0.2, -0.15) is 0 Å². The second kappa shape index (κ2) is 6.06. The van der Waals surface area contributed by atoms with Gasteiger partial charge in [0.2, 0.25) is 10.1 Å². The van der Waals surface area contributed by atoms with Crippen molar-refractivity contribution in [1.29, 1.82) is 0 Å². The van der Waals surface area contributed by atoms with Gasteiger partial charge in [-0.3, -0.25) is 10.1 Å². The number of carbonyl (C=O) groups excluding carboxylic acids is 1. The predicted octanol–water partition coefficient (Wildman–Crippen LogP) is 3.99. The van der Waals surface area contributed by atoms with Crippen molar-refractivity contribution in [2.45, 2.75) is 0 Å². The molecule has 0 saturated heterocycles. The average Bonchev–Trinajstić information content (AvgIpc) is 3.13. The molecule has 0 atom stereocenters. The first-order valence-electron chi connectivity index (χ1n) is 7.27. The maximum Gasteiger partial charge on any atom is 0.257 e. The number of hydrogen-bond donors (Lipinski definition) is 1. The number of amides is 1. The summed E-state index contributed by atoms with van der Waals surface area (Å²) in [5.74, 6) is -2.27. The summed E-state index contributed by atoms with van der Waals surface area (Å²) in [6.45, 7) is 0. The van der Waals surface area contributed by atoms with Crippen molar-refractivity contribution in [2.75, 3.05) is 5.32 Å². The lowest BCUT2D eigenvalue weighted by Crippen LogP contribution is -2.12. The average molecular weight is 356 g/mol. The lowest BCUT2D eigenvalue weighted by atomic mass is 10.2. The summed E-state index contributed by atoms with van der Waals surface area (Å²) in [6.07, 6.45) is 1.75. The van der Waals surface area contributed by atoms with Crippen LogP contribution in [0, 0.1) is 11.6 Å². The van der Waals surface area contributed by atoms with Gasteiger partial charge in [-0.15, -0.1) is 5.10 Å². The minimum absolute atomic E-state index is 0.115. The first-order valence-corrected chi connectivity index (χ1v) is 8.09. The van der Waals surface area contributed by atoms with Gasteiger partial charge in [0.05, 0.1) is 11.9 Å². The highest BCUT2D eigenvalue weighted by molar-refractivity contribution is 7.20. The lowest BCUT2D eigenvalue weighted by molar-refractivity contribution is 0.102. The summed E-state index contributed by atoms with van der Waals surface area (Å²) in [6, 6.07) is 12.3. The molecule has 2 aromatic heterocycles. The number of aromatic nitrogens is 3. The Morgan fingerprint density at radius 2 is 1.80 bits per heavy atom. The number of hydrogen-bond acceptors (Lipinski definition) is 4. The van der Waals surface area contributed by atoms with E-state index in [1.165, 1.54) is 11.3 Å². The smallest absolute Gasteiger partial charge is 0.257 e. The Kier molecular flexibility index (Phi) is 3.73. The fourth-order valence-corrected chi connectivity index (χ4v) is 3.13. The Balaban J connectivity index is 1.58. The highest BCUT2D eigenvalue weighted by Crippen LogP contribution is 2.24. The molecule has 4 rings (SSSR count). The molecule has 0 radical (unpaired) electrons. The standard InChI is InChI=1S/C17H10F2N4OS/c18-12-6-11(7-13(19)8-12)15(24)21-16-22-23-9-14(20-17(23)25-16)10-4-2-1-3-5-10/h1-9H,(H,21,22,24). The van der Waals surface area contributed by atoms with E-state index in [0.717, 1.165) is 23.4 Å². The summed E-state index contributed by atoms with van der Waals surface area (Å²) in [5.41, 5.74) is 1.61. The third-order valence-electron chi connectivity index (χ3n) is 3.46. The number of imidazole rings is 1. The molecule has 2 aromatic carbocycles. The van der Waals surface area contributed by atoms with Gasteiger partial charge in [0.25, 0.3) is 5.91 Å². The number of nitrogens with zero attached hydrogens (tertiary/aromatic N) is 3. The van der Waals surface area contributed by atoms with Crippen LogP contribution in [0.1, 0.15) is 10.4 Å². The quantitative estimate of drug-likeness (QED) is 0.604. The number of halogens is 2. The SMILES string of the molecule is O=C(Nc1nn2cc(-c3ccccc3)nc2s1)c1cc(F)cc(F)c1. The van der Waals surface area contributed by atoms with Gasteiger partial charge >= 0.3 is 0 Å². The van der Waals surface area contributed by atoms with Gasteiger partial charge in [-0.1, -0.05) is 41.7 Å². The molecule has 0 bridgehead atoms. The van der Waals surface area contributed by atoms with Crippen LogP contribution >= 0.6 is 11.3 Å². The highest BCUT2D eigenvalue weighted by Gasteiger charge is 2.14. The van der Waals surface area contributed by atoms with Gasteiger partial charge in [-0.25, -0.2) is 18.3 Å². The molecule has 0 aliphatic rings. The van der Waals surface area contributed by atoms with Gasteiger partial charge < -0.3 is 0 Å². The van der Waals surface area contributed by atoms with E-state index in [-0.39, 0.29) is 10.7 Å². The van der Waals surface area contributed by atoms with E-state index in [4.69, 9.17) is 0 Å². The molecular formula is C17H10F2N4OS. The Morgan fingerprint density at radius 1 is 1.08 bits per heavy atom. The Hall–Kier alpha value is -3.13. The van der Waals surface area contributed by atoms with Crippen LogP contribution in [-0.4, -0.2) is 20.5 Å². The van der Waals surface area contributed by atoms with Crippen molar-refractivity contribution < 1.29 is 13.6 Å². The third kappa shape index (κ3) is 3.11. The molecule has 0 fully saturated rings. The Bertz CT molecular complexity index is 1020. The lowest BCUT2D eigenvalue weighted by Gasteiger charge is -2.01. The zero-order chi connectivity index (χ0) is 17.4.